The fourth-order valence-electron chi connectivity index (χ4n) is 3.97. The van der Waals surface area contributed by atoms with E-state index in [0.29, 0.717) is 19.8 Å². The number of aliphatic imine (C=N–C) groups is 1. The predicted octanol–water partition coefficient (Wildman–Crippen LogP) is 2.79. The largest absolute Gasteiger partial charge is 0.496 e. The number of rotatable bonds is 6. The Hall–Kier alpha value is -2.70. The number of ether oxygens (including phenoxy) is 3. The highest BCUT2D eigenvalue weighted by atomic mass is 16.5. The number of nitrogens with zero attached hydrogens (tertiary/aromatic N) is 2. The summed E-state index contributed by atoms with van der Waals surface area (Å²) in [6.45, 7) is 1.90. The van der Waals surface area contributed by atoms with Crippen LogP contribution in [0.4, 0.5) is 0 Å². The van der Waals surface area contributed by atoms with Crippen LogP contribution in [0.25, 0.3) is 5.70 Å². The second-order valence-electron chi connectivity index (χ2n) is 7.17. The van der Waals surface area contributed by atoms with Gasteiger partial charge in [-0.15, -0.1) is 0 Å². The van der Waals surface area contributed by atoms with E-state index in [9.17, 15) is 4.79 Å². The van der Waals surface area contributed by atoms with Crippen LogP contribution in [0.2, 0.25) is 0 Å². The van der Waals surface area contributed by atoms with Gasteiger partial charge in [0.05, 0.1) is 37.8 Å². The highest BCUT2D eigenvalue weighted by Gasteiger charge is 2.30. The van der Waals surface area contributed by atoms with Gasteiger partial charge in [0.25, 0.3) is 0 Å². The summed E-state index contributed by atoms with van der Waals surface area (Å²) in [6.07, 6.45) is 9.84. The molecule has 1 aromatic carbocycles. The molecule has 29 heavy (non-hydrogen) atoms. The van der Waals surface area contributed by atoms with Crippen molar-refractivity contribution in [1.29, 1.82) is 0 Å². The maximum atomic E-state index is 12.8. The Kier molecular flexibility index (Phi) is 5.92. The van der Waals surface area contributed by atoms with Crippen molar-refractivity contribution in [3.8, 4) is 5.75 Å². The molecule has 0 saturated heterocycles. The quantitative estimate of drug-likeness (QED) is 0.696. The standard InChI is InChI=1S/C23H26N2O4/c1-27-11-12-29-17-6-3-5-16(13-17)20-14-21-18-7-4-8-22(28-2)19(18)9-10-25(21)23(26)15-24-20/h3-5,7-8,13-14,17H,6,9-12,15H2,1-2H3. The third kappa shape index (κ3) is 4.04. The predicted molar refractivity (Wildman–Crippen MR) is 112 cm³/mol. The first kappa shape index (κ1) is 19.6. The first-order valence-electron chi connectivity index (χ1n) is 9.93. The molecular formula is C23H26N2O4. The van der Waals surface area contributed by atoms with E-state index in [-0.39, 0.29) is 18.6 Å². The second kappa shape index (κ2) is 8.76. The normalized spacial score (nSPS) is 20.9. The van der Waals surface area contributed by atoms with Gasteiger partial charge in [-0.25, -0.2) is 0 Å². The van der Waals surface area contributed by atoms with Crippen LogP contribution in [-0.4, -0.2) is 63.1 Å². The van der Waals surface area contributed by atoms with E-state index in [4.69, 9.17) is 14.2 Å². The minimum Gasteiger partial charge on any atom is -0.496 e. The molecule has 1 unspecified atom stereocenters. The zero-order chi connectivity index (χ0) is 20.2. The zero-order valence-corrected chi connectivity index (χ0v) is 16.9. The molecule has 2 heterocycles. The van der Waals surface area contributed by atoms with E-state index >= 15 is 0 Å². The molecule has 3 aliphatic rings. The number of amides is 1. The second-order valence-corrected chi connectivity index (χ2v) is 7.17. The molecule has 0 fully saturated rings. The van der Waals surface area contributed by atoms with E-state index in [2.05, 4.69) is 23.2 Å². The summed E-state index contributed by atoms with van der Waals surface area (Å²) in [7, 11) is 3.35. The van der Waals surface area contributed by atoms with E-state index in [1.807, 2.05) is 29.2 Å². The molecule has 1 amide bonds. The van der Waals surface area contributed by atoms with Crippen molar-refractivity contribution in [2.45, 2.75) is 18.9 Å². The SMILES string of the molecule is COCCOC1C=C(C2=NCC(=O)N3CCc4c(OC)cccc4C3=C2)C=CC1. The van der Waals surface area contributed by atoms with Gasteiger partial charge in [-0.05, 0) is 36.6 Å². The molecule has 0 saturated carbocycles. The maximum absolute atomic E-state index is 12.8. The fraction of sp³-hybridized carbons (Fsp3) is 0.391. The van der Waals surface area contributed by atoms with Crippen molar-refractivity contribution in [2.75, 3.05) is 40.5 Å². The van der Waals surface area contributed by atoms with Gasteiger partial charge >= 0.3 is 0 Å². The van der Waals surface area contributed by atoms with Crippen molar-refractivity contribution in [2.24, 2.45) is 4.99 Å². The molecule has 0 bridgehead atoms. The lowest BCUT2D eigenvalue weighted by molar-refractivity contribution is -0.126. The van der Waals surface area contributed by atoms with E-state index in [1.54, 1.807) is 14.2 Å². The lowest BCUT2D eigenvalue weighted by atomic mass is 9.93. The lowest BCUT2D eigenvalue weighted by Crippen LogP contribution is -2.35. The first-order valence-corrected chi connectivity index (χ1v) is 9.93. The molecule has 1 aliphatic carbocycles. The summed E-state index contributed by atoms with van der Waals surface area (Å²) in [5, 5.41) is 0. The number of carbonyl (C=O) groups is 1. The highest BCUT2D eigenvalue weighted by molar-refractivity contribution is 6.16. The lowest BCUT2D eigenvalue weighted by Gasteiger charge is -2.31. The molecule has 1 atom stereocenters. The third-order valence-electron chi connectivity index (χ3n) is 5.41. The van der Waals surface area contributed by atoms with Gasteiger partial charge in [-0.2, -0.15) is 0 Å². The Bertz CT molecular complexity index is 913. The molecule has 6 nitrogen and oxygen atoms in total. The minimum atomic E-state index is -0.0138. The molecule has 2 aliphatic heterocycles. The number of methoxy groups -OCH3 is 2. The summed E-state index contributed by atoms with van der Waals surface area (Å²) >= 11 is 0. The van der Waals surface area contributed by atoms with Crippen molar-refractivity contribution in [1.82, 2.24) is 4.90 Å². The molecule has 6 heteroatoms. The van der Waals surface area contributed by atoms with Gasteiger partial charge in [0, 0.05) is 24.8 Å². The summed E-state index contributed by atoms with van der Waals surface area (Å²) in [5.41, 5.74) is 4.86. The topological polar surface area (TPSA) is 60.4 Å². The van der Waals surface area contributed by atoms with Gasteiger partial charge in [-0.1, -0.05) is 24.3 Å². The average molecular weight is 394 g/mol. The number of fused-ring (bicyclic) bond motifs is 3. The zero-order valence-electron chi connectivity index (χ0n) is 16.9. The number of benzene rings is 1. The molecule has 0 radical (unpaired) electrons. The van der Waals surface area contributed by atoms with Gasteiger partial charge in [-0.3, -0.25) is 9.79 Å². The van der Waals surface area contributed by atoms with Crippen LogP contribution in [0.1, 0.15) is 17.5 Å². The molecule has 0 aromatic heterocycles. The summed E-state index contributed by atoms with van der Waals surface area (Å²) in [5.74, 6) is 0.884. The van der Waals surface area contributed by atoms with Gasteiger partial charge in [0.15, 0.2) is 0 Å². The van der Waals surface area contributed by atoms with Crippen LogP contribution in [0, 0.1) is 0 Å². The summed E-state index contributed by atoms with van der Waals surface area (Å²) in [4.78, 5) is 19.2. The molecule has 0 N–H and O–H groups in total. The minimum absolute atomic E-state index is 0.0138. The molecule has 4 rings (SSSR count). The Balaban J connectivity index is 1.68. The molecule has 0 spiro atoms. The Morgan fingerprint density at radius 2 is 2.14 bits per heavy atom. The van der Waals surface area contributed by atoms with Crippen LogP contribution >= 0.6 is 0 Å². The van der Waals surface area contributed by atoms with E-state index < -0.39 is 0 Å². The fourth-order valence-corrected chi connectivity index (χ4v) is 3.97. The van der Waals surface area contributed by atoms with Crippen LogP contribution in [0.15, 0.2) is 53.1 Å². The smallest absolute Gasteiger partial charge is 0.248 e. The van der Waals surface area contributed by atoms with E-state index in [1.165, 1.54) is 0 Å². The Morgan fingerprint density at radius 3 is 2.97 bits per heavy atom. The highest BCUT2D eigenvalue weighted by Crippen LogP contribution is 2.35. The van der Waals surface area contributed by atoms with Gasteiger partial charge in [0.2, 0.25) is 5.91 Å². The third-order valence-corrected chi connectivity index (χ3v) is 5.41. The number of hydrogen-bond donors (Lipinski definition) is 0. The summed E-state index contributed by atoms with van der Waals surface area (Å²) in [6, 6.07) is 5.98. The molecular weight excluding hydrogens is 368 g/mol. The first-order chi connectivity index (χ1) is 14.2. The van der Waals surface area contributed by atoms with E-state index in [0.717, 1.165) is 46.7 Å². The average Bonchev–Trinajstić information content (AvgIpc) is 2.93. The van der Waals surface area contributed by atoms with Crippen LogP contribution in [-0.2, 0) is 20.7 Å². The molecule has 152 valence electrons. The number of carbonyl (C=O) groups excluding carboxylic acids is 1. The Labute approximate surface area is 171 Å². The van der Waals surface area contributed by atoms with Crippen molar-refractivity contribution < 1.29 is 19.0 Å². The van der Waals surface area contributed by atoms with Gasteiger partial charge < -0.3 is 19.1 Å². The van der Waals surface area contributed by atoms with Crippen molar-refractivity contribution in [3.63, 3.8) is 0 Å². The Morgan fingerprint density at radius 1 is 1.24 bits per heavy atom. The van der Waals surface area contributed by atoms with Crippen LogP contribution in [0.3, 0.4) is 0 Å². The number of hydrogen-bond acceptors (Lipinski definition) is 5. The maximum Gasteiger partial charge on any atom is 0.248 e. The van der Waals surface area contributed by atoms with Crippen LogP contribution < -0.4 is 4.74 Å². The van der Waals surface area contributed by atoms with Crippen molar-refractivity contribution >= 4 is 17.3 Å². The molecule has 1 aromatic rings. The van der Waals surface area contributed by atoms with Crippen LogP contribution in [0.5, 0.6) is 5.75 Å². The van der Waals surface area contributed by atoms with Crippen molar-refractivity contribution in [3.05, 3.63) is 59.2 Å². The monoisotopic (exact) mass is 394 g/mol. The summed E-state index contributed by atoms with van der Waals surface area (Å²) < 4.78 is 16.5. The van der Waals surface area contributed by atoms with Gasteiger partial charge in [0.1, 0.15) is 12.3 Å². The number of allylic oxidation sites excluding steroid dienone is 3.